The molecule has 2 aromatic carbocycles. The van der Waals surface area contributed by atoms with Gasteiger partial charge in [0.15, 0.2) is 0 Å². The zero-order valence-electron chi connectivity index (χ0n) is 17.8. The topological polar surface area (TPSA) is 67.5 Å². The van der Waals surface area contributed by atoms with Gasteiger partial charge in [0.25, 0.3) is 0 Å². The van der Waals surface area contributed by atoms with Crippen LogP contribution in [0.3, 0.4) is 0 Å². The van der Waals surface area contributed by atoms with E-state index in [0.717, 1.165) is 27.4 Å². The fourth-order valence-corrected chi connectivity index (χ4v) is 3.80. The Kier molecular flexibility index (Phi) is 6.88. The molecule has 156 valence electrons. The zero-order valence-corrected chi connectivity index (χ0v) is 17.8. The van der Waals surface area contributed by atoms with Gasteiger partial charge in [-0.2, -0.15) is 5.26 Å². The number of nitrogens with zero attached hydrogens (tertiary/aromatic N) is 3. The first-order valence-electron chi connectivity index (χ1n) is 9.86. The molecule has 0 aliphatic heterocycles. The lowest BCUT2D eigenvalue weighted by molar-refractivity contribution is -0.136. The molecule has 0 saturated carbocycles. The third kappa shape index (κ3) is 4.23. The van der Waals surface area contributed by atoms with Crippen molar-refractivity contribution in [1.29, 1.82) is 5.26 Å². The monoisotopic (exact) mass is 405 g/mol. The van der Waals surface area contributed by atoms with Gasteiger partial charge in [-0.3, -0.25) is 4.79 Å². The molecule has 0 saturated heterocycles. The van der Waals surface area contributed by atoms with Crippen LogP contribution in [0, 0.1) is 11.3 Å². The largest absolute Gasteiger partial charge is 0.382 e. The van der Waals surface area contributed by atoms with Crippen LogP contribution in [0.4, 0.5) is 0 Å². The maximum atomic E-state index is 13.2. The van der Waals surface area contributed by atoms with Crippen molar-refractivity contribution in [2.75, 3.05) is 27.9 Å². The van der Waals surface area contributed by atoms with Gasteiger partial charge in [-0.05, 0) is 36.8 Å². The first-order valence-corrected chi connectivity index (χ1v) is 9.86. The normalized spacial score (nSPS) is 13.6. The van der Waals surface area contributed by atoms with Crippen LogP contribution in [0.1, 0.15) is 12.5 Å². The van der Waals surface area contributed by atoms with E-state index >= 15 is 0 Å². The number of likely N-dealkylation sites (N-methyl/N-ethyl adjacent to an activating group) is 1. The van der Waals surface area contributed by atoms with Crippen LogP contribution >= 0.6 is 0 Å². The third-order valence-corrected chi connectivity index (χ3v) is 5.58. The Morgan fingerprint density at radius 3 is 2.63 bits per heavy atom. The molecule has 30 heavy (non-hydrogen) atoms. The first-order chi connectivity index (χ1) is 14.5. The molecule has 1 amide bonds. The molecule has 6 heteroatoms. The molecule has 0 bridgehead atoms. The second-order valence-electron chi connectivity index (χ2n) is 7.31. The van der Waals surface area contributed by atoms with E-state index in [1.54, 1.807) is 32.2 Å². The lowest BCUT2D eigenvalue weighted by Gasteiger charge is -2.32. The van der Waals surface area contributed by atoms with E-state index in [0.29, 0.717) is 6.61 Å². The summed E-state index contributed by atoms with van der Waals surface area (Å²) in [6, 6.07) is 15.9. The van der Waals surface area contributed by atoms with Crippen molar-refractivity contribution in [2.45, 2.75) is 25.6 Å². The van der Waals surface area contributed by atoms with E-state index in [2.05, 4.69) is 12.1 Å². The summed E-state index contributed by atoms with van der Waals surface area (Å²) >= 11 is 0. The highest BCUT2D eigenvalue weighted by Gasteiger charge is 2.26. The Balaban J connectivity index is 2.01. The number of para-hydroxylation sites is 1. The van der Waals surface area contributed by atoms with E-state index in [4.69, 9.17) is 14.7 Å². The summed E-state index contributed by atoms with van der Waals surface area (Å²) < 4.78 is 12.8. The fraction of sp³-hybridized carbons (Fsp3) is 0.333. The lowest BCUT2D eigenvalue weighted by Crippen LogP contribution is -2.48. The molecule has 2 atom stereocenters. The van der Waals surface area contributed by atoms with Gasteiger partial charge in [0.05, 0.1) is 24.8 Å². The minimum atomic E-state index is -0.177. The number of aromatic nitrogens is 1. The Labute approximate surface area is 176 Å². The van der Waals surface area contributed by atoms with Gasteiger partial charge in [0.2, 0.25) is 5.91 Å². The predicted octanol–water partition coefficient (Wildman–Crippen LogP) is 3.84. The molecule has 0 aliphatic carbocycles. The van der Waals surface area contributed by atoms with Crippen LogP contribution in [0.5, 0.6) is 0 Å². The molecule has 1 unspecified atom stereocenters. The molecule has 0 N–H and O–H groups in total. The van der Waals surface area contributed by atoms with Gasteiger partial charge in [-0.25, -0.2) is 0 Å². The zero-order chi connectivity index (χ0) is 21.7. The van der Waals surface area contributed by atoms with Crippen molar-refractivity contribution < 1.29 is 14.3 Å². The van der Waals surface area contributed by atoms with E-state index in [9.17, 15) is 4.79 Å². The van der Waals surface area contributed by atoms with E-state index in [1.807, 2.05) is 47.9 Å². The maximum absolute atomic E-state index is 13.2. The lowest BCUT2D eigenvalue weighted by atomic mass is 10.1. The summed E-state index contributed by atoms with van der Waals surface area (Å²) in [6.45, 7) is 2.55. The standard InChI is InChI=1S/C24H27N3O3/c1-17(30-4)23(16-29-3)26(2)24(28)15-27-21-10-6-5-9-19(21)20-14-18(8-7-13-25)11-12-22(20)27/h5-12,14,17,23H,15-16H2,1-4H3/b8-7+/t17-,23?/m0/s1. The Hall–Kier alpha value is -3.14. The second kappa shape index (κ2) is 9.57. The van der Waals surface area contributed by atoms with E-state index in [1.165, 1.54) is 6.08 Å². The number of rotatable bonds is 8. The molecular formula is C24H27N3O3. The molecule has 1 heterocycles. The molecule has 0 radical (unpaired) electrons. The highest BCUT2D eigenvalue weighted by atomic mass is 16.5. The van der Waals surface area contributed by atoms with E-state index in [-0.39, 0.29) is 24.6 Å². The Morgan fingerprint density at radius 2 is 1.93 bits per heavy atom. The molecule has 3 rings (SSSR count). The number of benzene rings is 2. The van der Waals surface area contributed by atoms with Gasteiger partial charge in [-0.1, -0.05) is 24.3 Å². The molecule has 0 fully saturated rings. The van der Waals surface area contributed by atoms with Crippen LogP contribution in [-0.4, -0.2) is 55.4 Å². The average Bonchev–Trinajstić information content (AvgIpc) is 3.08. The van der Waals surface area contributed by atoms with Gasteiger partial charge in [-0.15, -0.1) is 0 Å². The number of hydrogen-bond acceptors (Lipinski definition) is 4. The molecule has 0 spiro atoms. The number of fused-ring (bicyclic) bond motifs is 3. The van der Waals surface area contributed by atoms with Crippen LogP contribution < -0.4 is 0 Å². The van der Waals surface area contributed by atoms with Gasteiger partial charge < -0.3 is 18.9 Å². The molecule has 0 aliphatic rings. The molecule has 1 aromatic heterocycles. The fourth-order valence-electron chi connectivity index (χ4n) is 3.80. The molecule has 3 aromatic rings. The SMILES string of the molecule is COCC([C@H](C)OC)N(C)C(=O)Cn1c2ccccc2c2cc(/C=C/C#N)ccc21. The van der Waals surface area contributed by atoms with Gasteiger partial charge in [0, 0.05) is 49.1 Å². The average molecular weight is 405 g/mol. The summed E-state index contributed by atoms with van der Waals surface area (Å²) in [5.74, 6) is -0.0166. The number of hydrogen-bond donors (Lipinski definition) is 0. The van der Waals surface area contributed by atoms with Crippen molar-refractivity contribution in [2.24, 2.45) is 0 Å². The van der Waals surface area contributed by atoms with Crippen LogP contribution in [0.25, 0.3) is 27.9 Å². The summed E-state index contributed by atoms with van der Waals surface area (Å²) in [7, 11) is 5.05. The molecule has 6 nitrogen and oxygen atoms in total. The van der Waals surface area contributed by atoms with E-state index < -0.39 is 0 Å². The third-order valence-electron chi connectivity index (χ3n) is 5.58. The summed E-state index contributed by atoms with van der Waals surface area (Å²) in [6.07, 6.45) is 3.10. The maximum Gasteiger partial charge on any atom is 0.242 e. The van der Waals surface area contributed by atoms with Crippen molar-refractivity contribution in [3.63, 3.8) is 0 Å². The summed E-state index contributed by atoms with van der Waals surface area (Å²) in [4.78, 5) is 14.9. The van der Waals surface area contributed by atoms with Crippen LogP contribution in [-0.2, 0) is 20.8 Å². The summed E-state index contributed by atoms with van der Waals surface area (Å²) in [5, 5.41) is 10.9. The van der Waals surface area contributed by atoms with Gasteiger partial charge >= 0.3 is 0 Å². The smallest absolute Gasteiger partial charge is 0.242 e. The van der Waals surface area contributed by atoms with Crippen LogP contribution in [0.2, 0.25) is 0 Å². The van der Waals surface area contributed by atoms with Crippen molar-refractivity contribution in [3.05, 3.63) is 54.1 Å². The van der Waals surface area contributed by atoms with Crippen LogP contribution in [0.15, 0.2) is 48.5 Å². The quantitative estimate of drug-likeness (QED) is 0.534. The predicted molar refractivity (Wildman–Crippen MR) is 119 cm³/mol. The number of carbonyl (C=O) groups excluding carboxylic acids is 1. The van der Waals surface area contributed by atoms with Crippen molar-refractivity contribution >= 4 is 33.8 Å². The minimum absolute atomic E-state index is 0.0166. The summed E-state index contributed by atoms with van der Waals surface area (Å²) in [5.41, 5.74) is 2.93. The number of carbonyl (C=O) groups is 1. The number of methoxy groups -OCH3 is 2. The number of nitriles is 1. The Bertz CT molecular complexity index is 1110. The van der Waals surface area contributed by atoms with Crippen molar-refractivity contribution in [1.82, 2.24) is 9.47 Å². The van der Waals surface area contributed by atoms with Gasteiger partial charge in [0.1, 0.15) is 6.54 Å². The highest BCUT2D eigenvalue weighted by molar-refractivity contribution is 6.09. The Morgan fingerprint density at radius 1 is 1.20 bits per heavy atom. The first kappa shape index (κ1) is 21.6. The number of amides is 1. The number of allylic oxidation sites excluding steroid dienone is 1. The highest BCUT2D eigenvalue weighted by Crippen LogP contribution is 2.30. The number of ether oxygens (including phenoxy) is 2. The molecular weight excluding hydrogens is 378 g/mol. The minimum Gasteiger partial charge on any atom is -0.382 e. The second-order valence-corrected chi connectivity index (χ2v) is 7.31. The van der Waals surface area contributed by atoms with Crippen molar-refractivity contribution in [3.8, 4) is 6.07 Å².